The Hall–Kier alpha value is -0.800. The van der Waals surface area contributed by atoms with Gasteiger partial charge in [0.25, 0.3) is 0 Å². The molecule has 2 nitrogen and oxygen atoms in total. The highest BCUT2D eigenvalue weighted by Crippen LogP contribution is 2.33. The molecule has 0 bridgehead atoms. The van der Waals surface area contributed by atoms with Gasteiger partial charge in [0.2, 0.25) is 0 Å². The Morgan fingerprint density at radius 3 is 2.57 bits per heavy atom. The van der Waals surface area contributed by atoms with Crippen LogP contribution in [0.1, 0.15) is 24.1 Å². The van der Waals surface area contributed by atoms with Crippen LogP contribution in [0.4, 0.5) is 4.39 Å². The Bertz CT molecular complexity index is 352. The average molecular weight is 218 g/mol. The summed E-state index contributed by atoms with van der Waals surface area (Å²) in [5.41, 5.74) is 6.83. The summed E-state index contributed by atoms with van der Waals surface area (Å²) in [5, 5.41) is 0.0793. The van der Waals surface area contributed by atoms with Gasteiger partial charge in [0.1, 0.15) is 11.6 Å². The van der Waals surface area contributed by atoms with Crippen LogP contribution in [0.2, 0.25) is 5.02 Å². The van der Waals surface area contributed by atoms with Crippen molar-refractivity contribution in [3.05, 3.63) is 28.0 Å². The van der Waals surface area contributed by atoms with Crippen LogP contribution in [0, 0.1) is 12.7 Å². The molecule has 0 heterocycles. The van der Waals surface area contributed by atoms with Crippen LogP contribution in [0.5, 0.6) is 5.75 Å². The van der Waals surface area contributed by atoms with Gasteiger partial charge < -0.3 is 10.5 Å². The fourth-order valence-electron chi connectivity index (χ4n) is 1.37. The van der Waals surface area contributed by atoms with Crippen molar-refractivity contribution in [2.24, 2.45) is 5.73 Å². The Labute approximate surface area is 87.8 Å². The van der Waals surface area contributed by atoms with Gasteiger partial charge in [-0.3, -0.25) is 0 Å². The largest absolute Gasteiger partial charge is 0.496 e. The molecule has 0 fully saturated rings. The first-order valence-electron chi connectivity index (χ1n) is 4.27. The van der Waals surface area contributed by atoms with Gasteiger partial charge >= 0.3 is 0 Å². The predicted octanol–water partition coefficient (Wildman–Crippen LogP) is 2.82. The van der Waals surface area contributed by atoms with Crippen molar-refractivity contribution in [1.29, 1.82) is 0 Å². The highest BCUT2D eigenvalue weighted by Gasteiger charge is 2.16. The number of ether oxygens (including phenoxy) is 1. The number of nitrogens with two attached hydrogens (primary N) is 1. The summed E-state index contributed by atoms with van der Waals surface area (Å²) in [6.45, 7) is 3.41. The molecule has 1 aromatic carbocycles. The Morgan fingerprint density at radius 1 is 1.57 bits per heavy atom. The van der Waals surface area contributed by atoms with E-state index in [1.165, 1.54) is 13.2 Å². The molecule has 1 rings (SSSR count). The molecule has 1 aromatic rings. The van der Waals surface area contributed by atoms with Crippen LogP contribution in [0.15, 0.2) is 6.07 Å². The minimum atomic E-state index is -0.451. The van der Waals surface area contributed by atoms with Crippen molar-refractivity contribution in [1.82, 2.24) is 0 Å². The normalized spacial score (nSPS) is 12.7. The van der Waals surface area contributed by atoms with Crippen LogP contribution < -0.4 is 10.5 Å². The Balaban J connectivity index is 3.43. The van der Waals surface area contributed by atoms with E-state index in [9.17, 15) is 4.39 Å². The zero-order chi connectivity index (χ0) is 10.9. The van der Waals surface area contributed by atoms with Crippen molar-refractivity contribution in [2.45, 2.75) is 19.9 Å². The van der Waals surface area contributed by atoms with Crippen molar-refractivity contribution in [3.63, 3.8) is 0 Å². The zero-order valence-electron chi connectivity index (χ0n) is 8.40. The van der Waals surface area contributed by atoms with Gasteiger partial charge in [-0.2, -0.15) is 0 Å². The van der Waals surface area contributed by atoms with Gasteiger partial charge in [0.15, 0.2) is 0 Å². The maximum atomic E-state index is 13.4. The molecule has 0 saturated carbocycles. The number of rotatable bonds is 2. The molecule has 0 aromatic heterocycles. The number of hydrogen-bond donors (Lipinski definition) is 1. The summed E-state index contributed by atoms with van der Waals surface area (Å²) >= 11 is 5.71. The van der Waals surface area contributed by atoms with Gasteiger partial charge in [-0.15, -0.1) is 0 Å². The molecule has 0 spiro atoms. The van der Waals surface area contributed by atoms with Crippen molar-refractivity contribution >= 4 is 11.6 Å². The molecule has 14 heavy (non-hydrogen) atoms. The molecular weight excluding hydrogens is 205 g/mol. The fraction of sp³-hybridized carbons (Fsp3) is 0.400. The molecule has 78 valence electrons. The van der Waals surface area contributed by atoms with Gasteiger partial charge in [-0.05, 0) is 19.9 Å². The van der Waals surface area contributed by atoms with Gasteiger partial charge in [0.05, 0.1) is 12.1 Å². The molecule has 0 saturated heterocycles. The maximum absolute atomic E-state index is 13.4. The van der Waals surface area contributed by atoms with Gasteiger partial charge in [-0.25, -0.2) is 4.39 Å². The van der Waals surface area contributed by atoms with Crippen molar-refractivity contribution in [3.8, 4) is 5.75 Å². The third kappa shape index (κ3) is 1.83. The highest BCUT2D eigenvalue weighted by atomic mass is 35.5. The van der Waals surface area contributed by atoms with E-state index in [0.717, 1.165) is 5.56 Å². The monoisotopic (exact) mass is 217 g/mol. The Morgan fingerprint density at radius 2 is 2.14 bits per heavy atom. The summed E-state index contributed by atoms with van der Waals surface area (Å²) in [6, 6.07) is 1.27. The van der Waals surface area contributed by atoms with Crippen LogP contribution >= 0.6 is 11.6 Å². The second kappa shape index (κ2) is 4.15. The van der Waals surface area contributed by atoms with Crippen LogP contribution in [-0.4, -0.2) is 7.11 Å². The van der Waals surface area contributed by atoms with Crippen LogP contribution in [-0.2, 0) is 0 Å². The molecule has 1 atom stereocenters. The third-order valence-corrected chi connectivity index (χ3v) is 2.39. The molecule has 0 aliphatic carbocycles. The lowest BCUT2D eigenvalue weighted by molar-refractivity contribution is 0.399. The lowest BCUT2D eigenvalue weighted by Crippen LogP contribution is -2.09. The molecule has 0 aliphatic heterocycles. The first kappa shape index (κ1) is 11.3. The van der Waals surface area contributed by atoms with E-state index < -0.39 is 5.82 Å². The molecule has 4 heteroatoms. The lowest BCUT2D eigenvalue weighted by Gasteiger charge is -2.15. The minimum absolute atomic E-state index is 0.0793. The molecule has 2 N–H and O–H groups in total. The first-order valence-corrected chi connectivity index (χ1v) is 4.65. The SMILES string of the molecule is COc1c(C(C)N)cc(Cl)c(F)c1C. The first-order chi connectivity index (χ1) is 6.49. The van der Waals surface area contributed by atoms with E-state index in [1.807, 2.05) is 0 Å². The maximum Gasteiger partial charge on any atom is 0.148 e. The molecule has 0 amide bonds. The standard InChI is InChI=1S/C10H13ClFNO/c1-5-9(12)8(11)4-7(6(2)13)10(5)14-3/h4,6H,13H2,1-3H3. The molecule has 1 unspecified atom stereocenters. The van der Waals surface area contributed by atoms with E-state index in [1.54, 1.807) is 13.8 Å². The summed E-state index contributed by atoms with van der Waals surface area (Å²) in [4.78, 5) is 0. The number of hydrogen-bond acceptors (Lipinski definition) is 2. The topological polar surface area (TPSA) is 35.2 Å². The number of benzene rings is 1. The van der Waals surface area contributed by atoms with Crippen molar-refractivity contribution < 1.29 is 9.13 Å². The minimum Gasteiger partial charge on any atom is -0.496 e. The van der Waals surface area contributed by atoms with Gasteiger partial charge in [-0.1, -0.05) is 11.6 Å². The van der Waals surface area contributed by atoms with E-state index >= 15 is 0 Å². The molecule has 0 radical (unpaired) electrons. The zero-order valence-corrected chi connectivity index (χ0v) is 9.15. The molecular formula is C10H13ClFNO. The van der Waals surface area contributed by atoms with Crippen LogP contribution in [0.25, 0.3) is 0 Å². The van der Waals surface area contributed by atoms with Crippen molar-refractivity contribution in [2.75, 3.05) is 7.11 Å². The van der Waals surface area contributed by atoms with E-state index in [4.69, 9.17) is 22.1 Å². The summed E-state index contributed by atoms with van der Waals surface area (Å²) in [5.74, 6) is 0.0230. The molecule has 0 aliphatic rings. The number of halogens is 2. The Kier molecular flexibility index (Phi) is 3.34. The quantitative estimate of drug-likeness (QED) is 0.827. The second-order valence-corrected chi connectivity index (χ2v) is 3.62. The highest BCUT2D eigenvalue weighted by molar-refractivity contribution is 6.31. The second-order valence-electron chi connectivity index (χ2n) is 3.21. The lowest BCUT2D eigenvalue weighted by atomic mass is 10.0. The summed E-state index contributed by atoms with van der Waals surface area (Å²) in [7, 11) is 1.49. The third-order valence-electron chi connectivity index (χ3n) is 2.12. The fourth-order valence-corrected chi connectivity index (χ4v) is 1.63. The summed E-state index contributed by atoms with van der Waals surface area (Å²) in [6.07, 6.45) is 0. The average Bonchev–Trinajstić information content (AvgIpc) is 2.13. The summed E-state index contributed by atoms with van der Waals surface area (Å²) < 4.78 is 18.5. The van der Waals surface area contributed by atoms with Crippen LogP contribution in [0.3, 0.4) is 0 Å². The van der Waals surface area contributed by atoms with E-state index in [-0.39, 0.29) is 11.1 Å². The van der Waals surface area contributed by atoms with Gasteiger partial charge in [0, 0.05) is 17.2 Å². The number of methoxy groups -OCH3 is 1. The van der Waals surface area contributed by atoms with E-state index in [0.29, 0.717) is 11.3 Å². The smallest absolute Gasteiger partial charge is 0.148 e. The predicted molar refractivity (Wildman–Crippen MR) is 55.3 cm³/mol. The van der Waals surface area contributed by atoms with E-state index in [2.05, 4.69) is 0 Å².